The maximum absolute atomic E-state index is 9.60. The van der Waals surface area contributed by atoms with Crippen LogP contribution >= 0.6 is 0 Å². The van der Waals surface area contributed by atoms with E-state index < -0.39 is 28.7 Å². The molecule has 0 aliphatic rings. The molecule has 0 bridgehead atoms. The number of carboxylic acids is 3. The van der Waals surface area contributed by atoms with Gasteiger partial charge in [0.15, 0.2) is 0 Å². The molecule has 0 amide bonds. The third-order valence-corrected chi connectivity index (χ3v) is 3.39. The second-order valence-corrected chi connectivity index (χ2v) is 7.83. The van der Waals surface area contributed by atoms with Crippen LogP contribution in [0.25, 0.3) is 0 Å². The topological polar surface area (TPSA) is 233 Å². The molecule has 202 valence electrons. The normalized spacial score (nSPS) is 9.62. The Labute approximate surface area is 200 Å². The van der Waals surface area contributed by atoms with E-state index in [2.05, 4.69) is 19.7 Å². The molecule has 0 aliphatic heterocycles. The molecule has 0 saturated carbocycles. The molecule has 0 aromatic carbocycles. The number of aliphatic hydroxyl groups excluding tert-OH is 6. The van der Waals surface area contributed by atoms with Crippen molar-refractivity contribution in [2.24, 2.45) is 10.8 Å². The lowest BCUT2D eigenvalue weighted by Crippen LogP contribution is -2.29. The Morgan fingerprint density at radius 2 is 0.588 bits per heavy atom. The van der Waals surface area contributed by atoms with E-state index in [-0.39, 0.29) is 56.4 Å². The summed E-state index contributed by atoms with van der Waals surface area (Å²) in [6.07, 6.45) is 0. The minimum atomic E-state index is -0.935. The zero-order valence-electron chi connectivity index (χ0n) is 20.6. The van der Waals surface area contributed by atoms with Crippen molar-refractivity contribution in [3.63, 3.8) is 0 Å². The van der Waals surface area contributed by atoms with E-state index in [0.717, 1.165) is 0 Å². The molecule has 0 radical (unpaired) electrons. The predicted octanol–water partition coefficient (Wildman–Crippen LogP) is -0.119. The van der Waals surface area contributed by atoms with E-state index in [4.69, 9.17) is 46.0 Å². The number of hydrogen-bond acceptors (Lipinski definition) is 9. The lowest BCUT2D eigenvalue weighted by atomic mass is 9.95. The Morgan fingerprint density at radius 1 is 0.500 bits per heavy atom. The molecule has 0 aromatic heterocycles. The quantitative estimate of drug-likeness (QED) is 0.189. The Morgan fingerprint density at radius 3 is 0.588 bits per heavy atom. The first-order valence-corrected chi connectivity index (χ1v) is 9.61. The van der Waals surface area contributed by atoms with Crippen LogP contribution in [0.5, 0.6) is 0 Å². The highest BCUT2D eigenvalue weighted by Crippen LogP contribution is 2.11. The summed E-state index contributed by atoms with van der Waals surface area (Å²) in [5, 5.41) is 74.5. The van der Waals surface area contributed by atoms with Crippen LogP contribution in [-0.4, -0.2) is 104 Å². The highest BCUT2D eigenvalue weighted by Gasteiger charge is 2.20. The van der Waals surface area contributed by atoms with Gasteiger partial charge in [0.2, 0.25) is 0 Å². The zero-order chi connectivity index (χ0) is 28.7. The number of rotatable bonds is 9. The van der Waals surface area contributed by atoms with Gasteiger partial charge in [-0.2, -0.15) is 0 Å². The van der Waals surface area contributed by atoms with Gasteiger partial charge >= 0.3 is 17.9 Å². The van der Waals surface area contributed by atoms with Gasteiger partial charge in [0.1, 0.15) is 0 Å². The molecule has 12 nitrogen and oxygen atoms in total. The van der Waals surface area contributed by atoms with Crippen molar-refractivity contribution in [1.29, 1.82) is 0 Å². The summed E-state index contributed by atoms with van der Waals surface area (Å²) in [7, 11) is 0. The SMILES string of the molecule is C=C(C)C(=O)O.C=C(C)C(=O)O.C=C(C)C(=O)O.CC(CO)(CO)CO.CC(CO)(CO)CO. The number of hydrogen-bond donors (Lipinski definition) is 9. The Kier molecular flexibility index (Phi) is 28.8. The molecule has 0 saturated heterocycles. The van der Waals surface area contributed by atoms with Crippen molar-refractivity contribution in [3.05, 3.63) is 36.5 Å². The van der Waals surface area contributed by atoms with Crippen LogP contribution in [0.15, 0.2) is 36.5 Å². The summed E-state index contributed by atoms with van der Waals surface area (Å²) in [5.41, 5.74) is -0.889. The molecule has 0 fully saturated rings. The van der Waals surface area contributed by atoms with Gasteiger partial charge in [-0.3, -0.25) is 0 Å². The minimum Gasteiger partial charge on any atom is -0.478 e. The van der Waals surface area contributed by atoms with Crippen LogP contribution in [-0.2, 0) is 14.4 Å². The molecule has 0 atom stereocenters. The second-order valence-electron chi connectivity index (χ2n) is 7.83. The Balaban J connectivity index is -0.000000104. The molecule has 0 heterocycles. The van der Waals surface area contributed by atoms with E-state index in [0.29, 0.717) is 0 Å². The van der Waals surface area contributed by atoms with E-state index in [1.165, 1.54) is 20.8 Å². The monoisotopic (exact) mass is 498 g/mol. The molecule has 0 unspecified atom stereocenters. The van der Waals surface area contributed by atoms with Crippen molar-refractivity contribution >= 4 is 17.9 Å². The summed E-state index contributed by atoms with van der Waals surface area (Å²) < 4.78 is 0. The fourth-order valence-electron chi connectivity index (χ4n) is 0.300. The standard InChI is InChI=1S/2C5H12O3.3C4H6O2/c2*1-5(2-6,3-7)4-8;3*1-3(2)4(5)6/h2*6-8H,2-4H2,1H3;3*1H2,2H3,(H,5,6). The van der Waals surface area contributed by atoms with Crippen molar-refractivity contribution in [1.82, 2.24) is 0 Å². The largest absolute Gasteiger partial charge is 0.478 e. The van der Waals surface area contributed by atoms with Crippen LogP contribution in [0.2, 0.25) is 0 Å². The second kappa shape index (κ2) is 23.5. The van der Waals surface area contributed by atoms with E-state index in [1.54, 1.807) is 13.8 Å². The van der Waals surface area contributed by atoms with Crippen molar-refractivity contribution in [3.8, 4) is 0 Å². The summed E-state index contributed by atoms with van der Waals surface area (Å²) in [5.74, 6) is -2.81. The van der Waals surface area contributed by atoms with Crippen molar-refractivity contribution in [2.75, 3.05) is 39.6 Å². The summed E-state index contributed by atoms with van der Waals surface area (Å²) in [6, 6.07) is 0. The lowest BCUT2D eigenvalue weighted by molar-refractivity contribution is -0.133. The number of aliphatic hydroxyl groups is 6. The lowest BCUT2D eigenvalue weighted by Gasteiger charge is -2.20. The molecule has 0 aliphatic carbocycles. The van der Waals surface area contributed by atoms with E-state index in [9.17, 15) is 14.4 Å². The first-order valence-electron chi connectivity index (χ1n) is 9.61. The van der Waals surface area contributed by atoms with Crippen LogP contribution in [0.3, 0.4) is 0 Å². The van der Waals surface area contributed by atoms with Crippen LogP contribution in [0.4, 0.5) is 0 Å². The third-order valence-electron chi connectivity index (χ3n) is 3.39. The minimum absolute atomic E-state index is 0.176. The van der Waals surface area contributed by atoms with Crippen LogP contribution < -0.4 is 0 Å². The number of carboxylic acid groups (broad SMARTS) is 3. The van der Waals surface area contributed by atoms with Gasteiger partial charge in [0.05, 0.1) is 39.6 Å². The van der Waals surface area contributed by atoms with Gasteiger partial charge in [-0.1, -0.05) is 33.6 Å². The third kappa shape index (κ3) is 31.6. The maximum atomic E-state index is 9.60. The predicted molar refractivity (Wildman–Crippen MR) is 126 cm³/mol. The highest BCUT2D eigenvalue weighted by molar-refractivity contribution is 5.85. The summed E-state index contributed by atoms with van der Waals surface area (Å²) >= 11 is 0. The Bertz CT molecular complexity index is 490. The van der Waals surface area contributed by atoms with Gasteiger partial charge in [-0.05, 0) is 20.8 Å². The first kappa shape index (κ1) is 41.6. The number of carbonyl (C=O) groups is 3. The van der Waals surface area contributed by atoms with Crippen molar-refractivity contribution in [2.45, 2.75) is 34.6 Å². The molecule has 0 aromatic rings. The number of aliphatic carboxylic acids is 3. The van der Waals surface area contributed by atoms with Gasteiger partial charge in [-0.15, -0.1) is 0 Å². The van der Waals surface area contributed by atoms with Gasteiger partial charge in [0, 0.05) is 27.5 Å². The maximum Gasteiger partial charge on any atom is 0.330 e. The molecule has 9 N–H and O–H groups in total. The highest BCUT2D eigenvalue weighted by atomic mass is 16.4. The fraction of sp³-hybridized carbons (Fsp3) is 0.591. The smallest absolute Gasteiger partial charge is 0.330 e. The summed E-state index contributed by atoms with van der Waals surface area (Å²) in [4.78, 5) is 28.8. The molecule has 12 heteroatoms. The summed E-state index contributed by atoms with van der Waals surface area (Å²) in [6.45, 7) is 15.9. The molecule has 0 spiro atoms. The average molecular weight is 499 g/mol. The van der Waals surface area contributed by atoms with Gasteiger partial charge in [0.25, 0.3) is 0 Å². The van der Waals surface area contributed by atoms with Gasteiger partial charge in [-0.25, -0.2) is 14.4 Å². The van der Waals surface area contributed by atoms with Gasteiger partial charge < -0.3 is 46.0 Å². The van der Waals surface area contributed by atoms with Crippen molar-refractivity contribution < 1.29 is 60.3 Å². The first-order chi connectivity index (χ1) is 15.3. The fourth-order valence-corrected chi connectivity index (χ4v) is 0.300. The van der Waals surface area contributed by atoms with E-state index in [1.807, 2.05) is 0 Å². The molecule has 34 heavy (non-hydrogen) atoms. The zero-order valence-corrected chi connectivity index (χ0v) is 20.6. The van der Waals surface area contributed by atoms with Crippen LogP contribution in [0.1, 0.15) is 34.6 Å². The molecular weight excluding hydrogens is 456 g/mol. The average Bonchev–Trinajstić information content (AvgIpc) is 2.79. The Hall–Kier alpha value is -2.61. The van der Waals surface area contributed by atoms with E-state index >= 15 is 0 Å². The van der Waals surface area contributed by atoms with Crippen LogP contribution in [0, 0.1) is 10.8 Å². The molecule has 0 rings (SSSR count). The molecular formula is C22H42O12.